The van der Waals surface area contributed by atoms with Crippen LogP contribution >= 0.6 is 0 Å². The maximum atomic E-state index is 12.5. The van der Waals surface area contributed by atoms with Crippen molar-refractivity contribution >= 4 is 5.91 Å². The van der Waals surface area contributed by atoms with Crippen LogP contribution in [0.3, 0.4) is 0 Å². The fraction of sp³-hybridized carbons (Fsp3) is 0.533. The Morgan fingerprint density at radius 1 is 1.09 bits per heavy atom. The highest BCUT2D eigenvalue weighted by atomic mass is 19.4. The van der Waals surface area contributed by atoms with Crippen LogP contribution in [-0.4, -0.2) is 43.9 Å². The van der Waals surface area contributed by atoms with Crippen molar-refractivity contribution in [1.82, 2.24) is 4.90 Å². The Kier molecular flexibility index (Phi) is 4.77. The van der Waals surface area contributed by atoms with Crippen LogP contribution in [0.5, 0.6) is 0 Å². The van der Waals surface area contributed by atoms with Crippen molar-refractivity contribution in [1.29, 1.82) is 0 Å². The van der Waals surface area contributed by atoms with Gasteiger partial charge in [0.05, 0.1) is 5.56 Å². The lowest BCUT2D eigenvalue weighted by Crippen LogP contribution is -2.48. The molecular formula is C15H18F3NO3. The summed E-state index contributed by atoms with van der Waals surface area (Å²) in [6, 6.07) is 4.26. The van der Waals surface area contributed by atoms with Crippen molar-refractivity contribution in [2.24, 2.45) is 0 Å². The third kappa shape index (κ3) is 3.41. The van der Waals surface area contributed by atoms with E-state index in [4.69, 9.17) is 9.47 Å². The van der Waals surface area contributed by atoms with Crippen molar-refractivity contribution in [3.05, 3.63) is 35.4 Å². The lowest BCUT2D eigenvalue weighted by molar-refractivity contribution is -0.226. The second-order valence-electron chi connectivity index (χ2n) is 5.19. The van der Waals surface area contributed by atoms with Gasteiger partial charge in [0.1, 0.15) is 0 Å². The molecule has 0 bridgehead atoms. The summed E-state index contributed by atoms with van der Waals surface area (Å²) in [5, 5.41) is 0. The molecule has 0 radical (unpaired) electrons. The molecule has 1 aromatic rings. The lowest BCUT2D eigenvalue weighted by Gasteiger charge is -2.39. The standard InChI is InChI=1S/C15H18F3NO3/c1-21-14(22-2)7-9-19(10-8-14)13(20)11-3-5-12(6-4-11)15(16,17)18/h3-6H,7-10H2,1-2H3. The first-order chi connectivity index (χ1) is 10.3. The number of hydrogen-bond donors (Lipinski definition) is 0. The van der Waals surface area contributed by atoms with Crippen LogP contribution in [0.15, 0.2) is 24.3 Å². The highest BCUT2D eigenvalue weighted by Crippen LogP contribution is 2.30. The quantitative estimate of drug-likeness (QED) is 0.805. The van der Waals surface area contributed by atoms with Gasteiger partial charge in [-0.3, -0.25) is 4.79 Å². The predicted octanol–water partition coefficient (Wildman–Crippen LogP) is 2.93. The maximum Gasteiger partial charge on any atom is 0.416 e. The molecule has 4 nitrogen and oxygen atoms in total. The van der Waals surface area contributed by atoms with Gasteiger partial charge in [0.2, 0.25) is 0 Å². The van der Waals surface area contributed by atoms with E-state index in [1.165, 1.54) is 12.1 Å². The highest BCUT2D eigenvalue weighted by Gasteiger charge is 2.36. The Morgan fingerprint density at radius 2 is 1.59 bits per heavy atom. The number of nitrogens with zero attached hydrogens (tertiary/aromatic N) is 1. The summed E-state index contributed by atoms with van der Waals surface area (Å²) in [5.41, 5.74) is -0.518. The molecule has 2 rings (SSSR count). The second kappa shape index (κ2) is 6.26. The van der Waals surface area contributed by atoms with Crippen LogP contribution in [0.1, 0.15) is 28.8 Å². The molecule has 1 heterocycles. The molecule has 0 aromatic heterocycles. The number of ether oxygens (including phenoxy) is 2. The zero-order valence-electron chi connectivity index (χ0n) is 12.4. The molecule has 1 aromatic carbocycles. The summed E-state index contributed by atoms with van der Waals surface area (Å²) in [7, 11) is 3.10. The average Bonchev–Trinajstić information content (AvgIpc) is 2.53. The van der Waals surface area contributed by atoms with E-state index < -0.39 is 17.5 Å². The minimum absolute atomic E-state index is 0.246. The number of carbonyl (C=O) groups excluding carboxylic acids is 1. The number of piperidine rings is 1. The van der Waals surface area contributed by atoms with Gasteiger partial charge in [-0.15, -0.1) is 0 Å². The van der Waals surface area contributed by atoms with Crippen molar-refractivity contribution in [3.8, 4) is 0 Å². The second-order valence-corrected chi connectivity index (χ2v) is 5.19. The van der Waals surface area contributed by atoms with E-state index in [9.17, 15) is 18.0 Å². The molecule has 1 saturated heterocycles. The number of alkyl halides is 3. The Morgan fingerprint density at radius 3 is 2.00 bits per heavy atom. The molecule has 1 aliphatic heterocycles. The SMILES string of the molecule is COC1(OC)CCN(C(=O)c2ccc(C(F)(F)F)cc2)CC1. The monoisotopic (exact) mass is 317 g/mol. The fourth-order valence-electron chi connectivity index (χ4n) is 2.53. The minimum Gasteiger partial charge on any atom is -0.353 e. The summed E-state index contributed by atoms with van der Waals surface area (Å²) < 4.78 is 48.2. The Hall–Kier alpha value is -1.60. The molecule has 1 aliphatic rings. The molecule has 22 heavy (non-hydrogen) atoms. The van der Waals surface area contributed by atoms with E-state index >= 15 is 0 Å². The van der Waals surface area contributed by atoms with Gasteiger partial charge in [0.25, 0.3) is 5.91 Å². The van der Waals surface area contributed by atoms with Crippen LogP contribution in [0.25, 0.3) is 0 Å². The molecule has 0 N–H and O–H groups in total. The normalized spacial score (nSPS) is 18.3. The Bertz CT molecular complexity index is 514. The van der Waals surface area contributed by atoms with E-state index in [-0.39, 0.29) is 11.5 Å². The average molecular weight is 317 g/mol. The summed E-state index contributed by atoms with van der Waals surface area (Å²) in [4.78, 5) is 13.9. The van der Waals surface area contributed by atoms with Crippen molar-refractivity contribution in [2.45, 2.75) is 24.8 Å². The molecule has 0 aliphatic carbocycles. The molecule has 0 unspecified atom stereocenters. The van der Waals surface area contributed by atoms with Crippen LogP contribution in [0.4, 0.5) is 13.2 Å². The summed E-state index contributed by atoms with van der Waals surface area (Å²) in [6.45, 7) is 0.864. The van der Waals surface area contributed by atoms with Crippen LogP contribution in [-0.2, 0) is 15.7 Å². The molecule has 0 atom stereocenters. The molecule has 0 saturated carbocycles. The van der Waals surface area contributed by atoms with E-state index in [0.717, 1.165) is 12.1 Å². The van der Waals surface area contributed by atoms with Crippen molar-refractivity contribution < 1.29 is 27.4 Å². The third-order valence-corrected chi connectivity index (χ3v) is 4.02. The van der Waals surface area contributed by atoms with Gasteiger partial charge < -0.3 is 14.4 Å². The fourth-order valence-corrected chi connectivity index (χ4v) is 2.53. The number of amides is 1. The number of benzene rings is 1. The molecule has 122 valence electrons. The van der Waals surface area contributed by atoms with Gasteiger partial charge in [-0.25, -0.2) is 0 Å². The molecule has 1 fully saturated rings. The number of hydrogen-bond acceptors (Lipinski definition) is 3. The van der Waals surface area contributed by atoms with Gasteiger partial charge in [0, 0.05) is 45.7 Å². The first kappa shape index (κ1) is 16.8. The minimum atomic E-state index is -4.40. The molecular weight excluding hydrogens is 299 g/mol. The van der Waals surface area contributed by atoms with Gasteiger partial charge in [-0.2, -0.15) is 13.2 Å². The number of halogens is 3. The van der Waals surface area contributed by atoms with Crippen molar-refractivity contribution in [3.63, 3.8) is 0 Å². The summed E-state index contributed by atoms with van der Waals surface area (Å²) >= 11 is 0. The number of methoxy groups -OCH3 is 2. The van der Waals surface area contributed by atoms with Gasteiger partial charge in [-0.05, 0) is 24.3 Å². The first-order valence-corrected chi connectivity index (χ1v) is 6.88. The topological polar surface area (TPSA) is 38.8 Å². The molecule has 7 heteroatoms. The zero-order valence-corrected chi connectivity index (χ0v) is 12.4. The van der Waals surface area contributed by atoms with Gasteiger partial charge >= 0.3 is 6.18 Å². The predicted molar refractivity (Wildman–Crippen MR) is 73.3 cm³/mol. The van der Waals surface area contributed by atoms with Gasteiger partial charge in [-0.1, -0.05) is 0 Å². The maximum absolute atomic E-state index is 12.5. The van der Waals surface area contributed by atoms with Crippen LogP contribution < -0.4 is 0 Å². The zero-order chi connectivity index (χ0) is 16.4. The number of rotatable bonds is 3. The summed E-state index contributed by atoms with van der Waals surface area (Å²) in [5.74, 6) is -0.966. The van der Waals surface area contributed by atoms with E-state index in [2.05, 4.69) is 0 Å². The molecule has 1 amide bonds. The van der Waals surface area contributed by atoms with Gasteiger partial charge in [0.15, 0.2) is 5.79 Å². The number of likely N-dealkylation sites (tertiary alicyclic amines) is 1. The largest absolute Gasteiger partial charge is 0.416 e. The first-order valence-electron chi connectivity index (χ1n) is 6.88. The van der Waals surface area contributed by atoms with E-state index in [0.29, 0.717) is 25.9 Å². The smallest absolute Gasteiger partial charge is 0.353 e. The molecule has 0 spiro atoms. The summed E-state index contributed by atoms with van der Waals surface area (Å²) in [6.07, 6.45) is -3.36. The van der Waals surface area contributed by atoms with E-state index in [1.807, 2.05) is 0 Å². The number of carbonyl (C=O) groups is 1. The Labute approximate surface area is 126 Å². The highest BCUT2D eigenvalue weighted by molar-refractivity contribution is 5.94. The van der Waals surface area contributed by atoms with Crippen LogP contribution in [0, 0.1) is 0 Å². The van der Waals surface area contributed by atoms with E-state index in [1.54, 1.807) is 19.1 Å². The van der Waals surface area contributed by atoms with Crippen molar-refractivity contribution in [2.75, 3.05) is 27.3 Å². The third-order valence-electron chi connectivity index (χ3n) is 4.02. The lowest BCUT2D eigenvalue weighted by atomic mass is 10.0. The Balaban J connectivity index is 2.04. The van der Waals surface area contributed by atoms with Crippen LogP contribution in [0.2, 0.25) is 0 Å².